The number of nitro groups is 1. The number of aromatic nitrogens is 1. The van der Waals surface area contributed by atoms with Gasteiger partial charge >= 0.3 is 0 Å². The Kier molecular flexibility index (Phi) is 3.83. The molecule has 0 aliphatic rings. The number of aryl methyl sites for hydroxylation is 1. The largest absolute Gasteiger partial charge is 0.388 e. The molecule has 7 heteroatoms. The predicted molar refractivity (Wildman–Crippen MR) is 73.6 cm³/mol. The van der Waals surface area contributed by atoms with Gasteiger partial charge in [0.15, 0.2) is 4.34 Å². The van der Waals surface area contributed by atoms with E-state index < -0.39 is 4.92 Å². The van der Waals surface area contributed by atoms with Crippen LogP contribution in [0.1, 0.15) is 5.69 Å². The summed E-state index contributed by atoms with van der Waals surface area (Å²) in [5.41, 5.74) is 1.76. The Hall–Kier alpha value is -1.60. The van der Waals surface area contributed by atoms with E-state index in [1.807, 2.05) is 18.4 Å². The zero-order valence-electron chi connectivity index (χ0n) is 9.84. The van der Waals surface area contributed by atoms with Crippen LogP contribution in [0, 0.1) is 17.0 Å². The molecule has 2 aromatic rings. The van der Waals surface area contributed by atoms with Crippen molar-refractivity contribution in [1.29, 1.82) is 0 Å². The Morgan fingerprint density at radius 3 is 2.78 bits per heavy atom. The van der Waals surface area contributed by atoms with Gasteiger partial charge in [0.1, 0.15) is 0 Å². The van der Waals surface area contributed by atoms with Gasteiger partial charge in [-0.15, -0.1) is 11.3 Å². The van der Waals surface area contributed by atoms with Crippen LogP contribution in [-0.4, -0.2) is 17.0 Å². The molecule has 1 heterocycles. The molecule has 0 aliphatic heterocycles. The lowest BCUT2D eigenvalue weighted by Crippen LogP contribution is -1.93. The second-order valence-corrected chi connectivity index (χ2v) is 5.76. The Balaban J connectivity index is 2.32. The number of anilines is 1. The average Bonchev–Trinajstić information content (AvgIpc) is 2.74. The number of nitro benzene ring substituents is 1. The molecule has 0 amide bonds. The Bertz CT molecular complexity index is 583. The number of nitrogens with one attached hydrogen (secondary N) is 1. The predicted octanol–water partition coefficient (Wildman–Crippen LogP) is 3.55. The van der Waals surface area contributed by atoms with Gasteiger partial charge in [0.25, 0.3) is 5.69 Å². The molecule has 0 unspecified atom stereocenters. The molecule has 5 nitrogen and oxygen atoms in total. The minimum atomic E-state index is -0.391. The minimum Gasteiger partial charge on any atom is -0.388 e. The lowest BCUT2D eigenvalue weighted by Gasteiger charge is -2.03. The van der Waals surface area contributed by atoms with Crippen molar-refractivity contribution in [2.45, 2.75) is 16.2 Å². The molecular weight excluding hydrogens is 270 g/mol. The highest BCUT2D eigenvalue weighted by atomic mass is 32.2. The van der Waals surface area contributed by atoms with Crippen molar-refractivity contribution in [3.63, 3.8) is 0 Å². The van der Waals surface area contributed by atoms with Crippen LogP contribution in [-0.2, 0) is 0 Å². The number of thiazole rings is 1. The van der Waals surface area contributed by atoms with Crippen LogP contribution < -0.4 is 5.32 Å². The zero-order chi connectivity index (χ0) is 13.1. The third-order valence-corrected chi connectivity index (χ3v) is 4.22. The van der Waals surface area contributed by atoms with E-state index in [-0.39, 0.29) is 5.69 Å². The summed E-state index contributed by atoms with van der Waals surface area (Å²) in [4.78, 5) is 15.6. The molecule has 0 saturated heterocycles. The van der Waals surface area contributed by atoms with E-state index >= 15 is 0 Å². The molecular formula is C11H11N3O2S2. The summed E-state index contributed by atoms with van der Waals surface area (Å²) in [6.45, 7) is 1.92. The van der Waals surface area contributed by atoms with Gasteiger partial charge in [0.05, 0.1) is 4.92 Å². The highest BCUT2D eigenvalue weighted by Crippen LogP contribution is 2.34. The van der Waals surface area contributed by atoms with Gasteiger partial charge in [-0.1, -0.05) is 11.8 Å². The lowest BCUT2D eigenvalue weighted by molar-refractivity contribution is -0.385. The molecule has 1 aromatic carbocycles. The molecule has 0 fully saturated rings. The first-order valence-electron chi connectivity index (χ1n) is 5.15. The first kappa shape index (κ1) is 12.8. The monoisotopic (exact) mass is 281 g/mol. The lowest BCUT2D eigenvalue weighted by atomic mass is 10.3. The number of benzene rings is 1. The highest BCUT2D eigenvalue weighted by molar-refractivity contribution is 8.01. The van der Waals surface area contributed by atoms with Crippen molar-refractivity contribution >= 4 is 34.5 Å². The summed E-state index contributed by atoms with van der Waals surface area (Å²) < 4.78 is 0.884. The maximum absolute atomic E-state index is 10.8. The van der Waals surface area contributed by atoms with Crippen LogP contribution in [0.25, 0.3) is 0 Å². The van der Waals surface area contributed by atoms with Gasteiger partial charge in [-0.3, -0.25) is 10.1 Å². The van der Waals surface area contributed by atoms with Gasteiger partial charge in [-0.05, 0) is 13.0 Å². The van der Waals surface area contributed by atoms with Crippen molar-refractivity contribution in [2.24, 2.45) is 0 Å². The van der Waals surface area contributed by atoms with Crippen molar-refractivity contribution in [1.82, 2.24) is 4.98 Å². The molecule has 0 bridgehead atoms. The fourth-order valence-corrected chi connectivity index (χ4v) is 3.28. The number of hydrogen-bond donors (Lipinski definition) is 1. The molecule has 0 spiro atoms. The third-order valence-electron chi connectivity index (χ3n) is 2.19. The van der Waals surface area contributed by atoms with Gasteiger partial charge < -0.3 is 5.32 Å². The first-order valence-corrected chi connectivity index (χ1v) is 6.85. The summed E-state index contributed by atoms with van der Waals surface area (Å²) >= 11 is 2.97. The minimum absolute atomic E-state index is 0.0811. The first-order chi connectivity index (χ1) is 8.58. The number of nitrogens with zero attached hydrogens (tertiary/aromatic N) is 2. The van der Waals surface area contributed by atoms with Gasteiger partial charge in [-0.25, -0.2) is 4.98 Å². The second-order valence-electron chi connectivity index (χ2n) is 3.58. The fourth-order valence-electron chi connectivity index (χ4n) is 1.37. The van der Waals surface area contributed by atoms with Crippen molar-refractivity contribution in [3.05, 3.63) is 39.4 Å². The quantitative estimate of drug-likeness (QED) is 0.685. The fraction of sp³-hybridized carbons (Fsp3) is 0.182. The number of hydrogen-bond acceptors (Lipinski definition) is 6. The van der Waals surface area contributed by atoms with E-state index in [1.54, 1.807) is 13.1 Å². The van der Waals surface area contributed by atoms with Crippen LogP contribution >= 0.6 is 23.1 Å². The second kappa shape index (κ2) is 5.36. The van der Waals surface area contributed by atoms with Gasteiger partial charge in [0.2, 0.25) is 0 Å². The normalized spacial score (nSPS) is 10.3. The van der Waals surface area contributed by atoms with Crippen molar-refractivity contribution in [2.75, 3.05) is 12.4 Å². The average molecular weight is 281 g/mol. The van der Waals surface area contributed by atoms with Crippen LogP contribution in [0.3, 0.4) is 0 Å². The van der Waals surface area contributed by atoms with E-state index in [0.717, 1.165) is 20.6 Å². The van der Waals surface area contributed by atoms with Crippen molar-refractivity contribution < 1.29 is 4.92 Å². The van der Waals surface area contributed by atoms with E-state index in [4.69, 9.17) is 0 Å². The van der Waals surface area contributed by atoms with Crippen LogP contribution in [0.15, 0.2) is 32.8 Å². The van der Waals surface area contributed by atoms with Crippen molar-refractivity contribution in [3.8, 4) is 0 Å². The summed E-state index contributed by atoms with van der Waals surface area (Å²) in [5.74, 6) is 0. The molecule has 94 valence electrons. The molecule has 1 aromatic heterocycles. The van der Waals surface area contributed by atoms with Gasteiger partial charge in [-0.2, -0.15) is 0 Å². The Morgan fingerprint density at radius 2 is 2.22 bits per heavy atom. The smallest absolute Gasteiger partial charge is 0.272 e. The Labute approximate surface area is 112 Å². The summed E-state index contributed by atoms with van der Waals surface area (Å²) in [7, 11) is 1.74. The van der Waals surface area contributed by atoms with E-state index in [1.165, 1.54) is 29.2 Å². The molecule has 1 N–H and O–H groups in total. The SMILES string of the molecule is CNc1cc(Sc2nc(C)cs2)cc([N+](=O)[O-])c1. The van der Waals surface area contributed by atoms with Crippen LogP contribution in [0.4, 0.5) is 11.4 Å². The molecule has 0 radical (unpaired) electrons. The van der Waals surface area contributed by atoms with E-state index in [9.17, 15) is 10.1 Å². The molecule has 18 heavy (non-hydrogen) atoms. The number of rotatable bonds is 4. The van der Waals surface area contributed by atoms with E-state index in [0.29, 0.717) is 0 Å². The standard InChI is InChI=1S/C11H11N3O2S2/c1-7-6-17-11(13-7)18-10-4-8(12-2)3-9(5-10)14(15)16/h3-6,12H,1-2H3. The molecule has 0 aliphatic carbocycles. The number of non-ortho nitro benzene ring substituents is 1. The molecule has 0 atom stereocenters. The maximum Gasteiger partial charge on any atom is 0.272 e. The molecule has 2 rings (SSSR count). The summed E-state index contributed by atoms with van der Waals surface area (Å²) in [6, 6.07) is 4.94. The third kappa shape index (κ3) is 2.99. The van der Waals surface area contributed by atoms with E-state index in [2.05, 4.69) is 10.3 Å². The zero-order valence-corrected chi connectivity index (χ0v) is 11.5. The summed E-state index contributed by atoms with van der Waals surface area (Å²) in [5, 5.41) is 15.7. The summed E-state index contributed by atoms with van der Waals surface area (Å²) in [6.07, 6.45) is 0. The highest BCUT2D eigenvalue weighted by Gasteiger charge is 2.11. The van der Waals surface area contributed by atoms with Crippen LogP contribution in [0.5, 0.6) is 0 Å². The van der Waals surface area contributed by atoms with Gasteiger partial charge in [0, 0.05) is 40.8 Å². The maximum atomic E-state index is 10.8. The molecule has 0 saturated carbocycles. The van der Waals surface area contributed by atoms with Crippen LogP contribution in [0.2, 0.25) is 0 Å². The topological polar surface area (TPSA) is 68.1 Å². The Morgan fingerprint density at radius 1 is 1.44 bits per heavy atom.